The van der Waals surface area contributed by atoms with Gasteiger partial charge < -0.3 is 54.7 Å². The predicted molar refractivity (Wildman–Crippen MR) is 342 cm³/mol. The topological polar surface area (TPSA) is 234 Å². The summed E-state index contributed by atoms with van der Waals surface area (Å²) in [6.45, 7) is 12.0. The van der Waals surface area contributed by atoms with Crippen molar-refractivity contribution in [3.63, 3.8) is 0 Å². The lowest BCUT2D eigenvalue weighted by Crippen LogP contribution is -2.57. The molecule has 0 aliphatic carbocycles. The first-order valence-electron chi connectivity index (χ1n) is 31.2. The van der Waals surface area contributed by atoms with Crippen molar-refractivity contribution in [2.45, 2.75) is 141 Å². The molecule has 7 amide bonds. The maximum Gasteiger partial charge on any atom is 0.330 e. The molecule has 2 bridgehead atoms. The van der Waals surface area contributed by atoms with Gasteiger partial charge in [-0.3, -0.25) is 38.4 Å². The number of hydrogen-bond acceptors (Lipinski definition) is 13. The predicted octanol–water partition coefficient (Wildman–Crippen LogP) is 7.93. The van der Waals surface area contributed by atoms with Gasteiger partial charge in [-0.15, -0.1) is 0 Å². The Morgan fingerprint density at radius 1 is 0.656 bits per heavy atom. The Balaban J connectivity index is 1.20. The molecule has 2 fully saturated rings. The van der Waals surface area contributed by atoms with E-state index in [1.807, 2.05) is 60.5 Å². The van der Waals surface area contributed by atoms with E-state index in [1.165, 1.54) is 36.8 Å². The molecule has 1 unspecified atom stereocenters. The van der Waals surface area contributed by atoms with E-state index in [0.29, 0.717) is 91.9 Å². The highest BCUT2D eigenvalue weighted by Gasteiger charge is 2.44. The van der Waals surface area contributed by atoms with Gasteiger partial charge in [-0.2, -0.15) is 0 Å². The van der Waals surface area contributed by atoms with Gasteiger partial charge in [0, 0.05) is 77.5 Å². The first-order valence-corrected chi connectivity index (χ1v) is 31.2. The minimum absolute atomic E-state index is 0.110. The summed E-state index contributed by atoms with van der Waals surface area (Å²) in [5, 5.41) is 8.95. The highest BCUT2D eigenvalue weighted by molar-refractivity contribution is 6.38. The van der Waals surface area contributed by atoms with E-state index in [0.717, 1.165) is 11.1 Å². The van der Waals surface area contributed by atoms with Crippen LogP contribution in [0.5, 0.6) is 11.5 Å². The minimum Gasteiger partial charge on any atom is -0.493 e. The Bertz CT molecular complexity index is 3240. The normalized spacial score (nSPS) is 23.0. The summed E-state index contributed by atoms with van der Waals surface area (Å²) in [4.78, 5) is 137. The number of methoxy groups -OCH3 is 2. The lowest BCUT2D eigenvalue weighted by atomic mass is 9.87. The van der Waals surface area contributed by atoms with Crippen LogP contribution in [0.1, 0.15) is 126 Å². The Morgan fingerprint density at radius 2 is 1.31 bits per heavy atom. The molecular formula is C70H90N8O12. The molecule has 3 N–H and O–H groups in total. The van der Waals surface area contributed by atoms with Crippen molar-refractivity contribution in [2.24, 2.45) is 11.3 Å². The summed E-state index contributed by atoms with van der Waals surface area (Å²) >= 11 is 0. The molecule has 3 aliphatic rings. The molecule has 90 heavy (non-hydrogen) atoms. The number of fused-ring (bicyclic) bond motifs is 4. The number of ketones is 1. The molecule has 20 nitrogen and oxygen atoms in total. The number of hydrogen-bond donors (Lipinski definition) is 3. The van der Waals surface area contributed by atoms with E-state index in [2.05, 4.69) is 36.4 Å². The maximum atomic E-state index is 15.3. The first kappa shape index (κ1) is 68.7. The molecule has 3 aliphatic heterocycles. The number of nitrogens with zero attached hydrogens (tertiary/aromatic N) is 5. The molecule has 0 spiro atoms. The molecule has 482 valence electrons. The van der Waals surface area contributed by atoms with E-state index < -0.39 is 95.5 Å². The van der Waals surface area contributed by atoms with E-state index in [1.54, 1.807) is 91.7 Å². The molecule has 7 rings (SSSR count). The Labute approximate surface area is 529 Å². The van der Waals surface area contributed by atoms with E-state index in [9.17, 15) is 33.6 Å². The molecular weight excluding hydrogens is 1140 g/mol. The third kappa shape index (κ3) is 18.0. The standard InChI is InChI=1S/C70H90N8O12/c1-46(2)41-56-47(3)74(6)38-19-18-31-62(81)90-45-70(4,5)64(82)69(87)77-39-20-17-29-54(77)65(83)72-53(34-32-49-33-35-58(88-9)59(43-49)89-10)51-27-21-28-52(44-51)71-60(79)36-37-61(80)73-63(50-25-15-12-16-26-50)68(86)76(8)57(42-48-23-13-11-14-24-48)67(85)78-40-22-30-55(78)66(84)75(56)7/h11-16,18,21,23-28,31,33,35,43-44,46,53-57,63H,3,17,19-20,22,29-30,32,34,36-42,45H2,1-2,4-10H3,(H,71,79)(H,72,83)(H,73,80)/t53-,54+,55-,56+,57+,63?/m1/s1. The number of rotatable bonds is 10. The number of likely N-dealkylation sites (N-methyl/N-ethyl adjacent to an activating group) is 3. The van der Waals surface area contributed by atoms with Crippen molar-refractivity contribution in [1.82, 2.24) is 35.1 Å². The zero-order valence-electron chi connectivity index (χ0n) is 53.7. The lowest BCUT2D eigenvalue weighted by Gasteiger charge is -2.39. The summed E-state index contributed by atoms with van der Waals surface area (Å²) in [5.41, 5.74) is 2.29. The molecule has 0 aromatic heterocycles. The molecule has 3 heterocycles. The molecule has 4 aromatic carbocycles. The van der Waals surface area contributed by atoms with Gasteiger partial charge >= 0.3 is 5.97 Å². The van der Waals surface area contributed by atoms with Crippen LogP contribution in [0.3, 0.4) is 0 Å². The molecule has 0 saturated carbocycles. The van der Waals surface area contributed by atoms with E-state index >= 15 is 9.59 Å². The van der Waals surface area contributed by atoms with Crippen LogP contribution in [0, 0.1) is 11.3 Å². The average Bonchev–Trinajstić information content (AvgIpc) is 1.51. The number of Topliss-reactive ketones (excluding diaryl/α,β-unsaturated/α-hetero) is 1. The summed E-state index contributed by atoms with van der Waals surface area (Å²) < 4.78 is 16.6. The second kappa shape index (κ2) is 32.1. The molecule has 20 heteroatoms. The van der Waals surface area contributed by atoms with Crippen molar-refractivity contribution >= 4 is 58.8 Å². The third-order valence-corrected chi connectivity index (χ3v) is 17.2. The van der Waals surface area contributed by atoms with Crippen molar-refractivity contribution in [3.05, 3.63) is 150 Å². The van der Waals surface area contributed by atoms with Gasteiger partial charge in [0.2, 0.25) is 41.2 Å². The first-order chi connectivity index (χ1) is 43.0. The zero-order valence-corrected chi connectivity index (χ0v) is 53.7. The number of nitrogens with one attached hydrogen (secondary N) is 3. The van der Waals surface area contributed by atoms with Gasteiger partial charge in [0.05, 0.1) is 31.7 Å². The van der Waals surface area contributed by atoms with Crippen LogP contribution < -0.4 is 25.4 Å². The third-order valence-electron chi connectivity index (χ3n) is 17.2. The Kier molecular flexibility index (Phi) is 24.5. The number of esters is 1. The number of anilines is 1. The van der Waals surface area contributed by atoms with Crippen LogP contribution in [0.4, 0.5) is 5.69 Å². The quantitative estimate of drug-likeness (QED) is 0.101. The van der Waals surface area contributed by atoms with Crippen LogP contribution in [0.2, 0.25) is 0 Å². The van der Waals surface area contributed by atoms with Crippen molar-refractivity contribution in [1.29, 1.82) is 0 Å². The fourth-order valence-corrected chi connectivity index (χ4v) is 11.9. The summed E-state index contributed by atoms with van der Waals surface area (Å²) in [6.07, 6.45) is 6.56. The van der Waals surface area contributed by atoms with Crippen LogP contribution in [0.25, 0.3) is 0 Å². The molecule has 0 radical (unpaired) electrons. The summed E-state index contributed by atoms with van der Waals surface area (Å²) in [7, 11) is 8.19. The Morgan fingerprint density at radius 3 is 2.01 bits per heavy atom. The van der Waals surface area contributed by atoms with Crippen LogP contribution in [0.15, 0.2) is 128 Å². The number of amides is 7. The van der Waals surface area contributed by atoms with Gasteiger partial charge in [-0.1, -0.05) is 105 Å². The number of aryl methyl sites for hydroxylation is 1. The van der Waals surface area contributed by atoms with Gasteiger partial charge in [0.25, 0.3) is 5.91 Å². The number of ether oxygens (including phenoxy) is 3. The largest absolute Gasteiger partial charge is 0.493 e. The van der Waals surface area contributed by atoms with Crippen molar-refractivity contribution < 1.29 is 57.4 Å². The van der Waals surface area contributed by atoms with E-state index in [4.69, 9.17) is 14.2 Å². The number of piperidine rings is 1. The highest BCUT2D eigenvalue weighted by Crippen LogP contribution is 2.32. The number of benzene rings is 4. The highest BCUT2D eigenvalue weighted by atomic mass is 16.5. The number of cyclic esters (lactones) is 1. The average molecular weight is 1240 g/mol. The number of carbonyl (C=O) groups excluding carboxylic acids is 9. The molecule has 2 saturated heterocycles. The van der Waals surface area contributed by atoms with Gasteiger partial charge in [0.1, 0.15) is 30.8 Å². The zero-order chi connectivity index (χ0) is 65.2. The smallest absolute Gasteiger partial charge is 0.330 e. The SMILES string of the molecule is C=C1[C@H](CC(C)C)N(C)C(=O)[C@H]2CCCN2C(=O)[C@H](Cc2ccccc2)N(C)C(=O)C(c2ccccc2)NC(=O)CCC(=O)Nc2cccc(c2)[C@@H](CCc2ccc(OC)c(OC)c2)NC(=O)[C@@H]2CCCCN2C(=O)C(=O)C(C)(C)COC(=O)C=CCCN1C. The molecule has 4 aromatic rings. The van der Waals surface area contributed by atoms with Crippen LogP contribution in [-0.2, 0) is 60.7 Å². The lowest BCUT2D eigenvalue weighted by molar-refractivity contribution is -0.157. The monoisotopic (exact) mass is 1230 g/mol. The number of carbonyl (C=O) groups is 9. The van der Waals surface area contributed by atoms with Crippen LogP contribution >= 0.6 is 0 Å². The fraction of sp³-hybridized carbons (Fsp3) is 0.471. The minimum atomic E-state index is -1.45. The van der Waals surface area contributed by atoms with Crippen molar-refractivity contribution in [3.8, 4) is 11.5 Å². The second-order valence-electron chi connectivity index (χ2n) is 24.7. The Hall–Kier alpha value is -8.81. The fourth-order valence-electron chi connectivity index (χ4n) is 11.9. The maximum absolute atomic E-state index is 15.3. The van der Waals surface area contributed by atoms with E-state index in [-0.39, 0.29) is 50.6 Å². The van der Waals surface area contributed by atoms with Crippen LogP contribution in [-0.4, -0.2) is 163 Å². The van der Waals surface area contributed by atoms with Gasteiger partial charge in [0.15, 0.2) is 11.5 Å². The second-order valence-corrected chi connectivity index (χ2v) is 24.7. The van der Waals surface area contributed by atoms with Gasteiger partial charge in [-0.05, 0) is 124 Å². The van der Waals surface area contributed by atoms with Gasteiger partial charge in [-0.25, -0.2) is 4.79 Å². The molecule has 6 atom stereocenters. The summed E-state index contributed by atoms with van der Waals surface area (Å²) in [6, 6.07) is 25.1. The van der Waals surface area contributed by atoms with Crippen molar-refractivity contribution in [2.75, 3.05) is 66.9 Å². The summed E-state index contributed by atoms with van der Waals surface area (Å²) in [5.74, 6) is -4.05.